The van der Waals surface area contributed by atoms with Crippen LogP contribution in [-0.2, 0) is 4.74 Å². The average Bonchev–Trinajstić information content (AvgIpc) is 2.12. The smallest absolute Gasteiger partial charge is 0.434 e. The molecule has 4 heteroatoms. The van der Waals surface area contributed by atoms with Crippen molar-refractivity contribution in [3.63, 3.8) is 0 Å². The highest BCUT2D eigenvalue weighted by atomic mass is 16.7. The largest absolute Gasteiger partial charge is 0.513 e. The molecule has 0 unspecified atom stereocenters. The number of carbonyl (C=O) groups excluding carboxylic acids is 1. The predicted molar refractivity (Wildman–Crippen MR) is 53.2 cm³/mol. The van der Waals surface area contributed by atoms with Crippen LogP contribution in [0.4, 0.5) is 10.5 Å². The second-order valence-electron chi connectivity index (χ2n) is 2.80. The van der Waals surface area contributed by atoms with E-state index in [9.17, 15) is 4.79 Å². The lowest BCUT2D eigenvalue weighted by Gasteiger charge is -2.05. The quantitative estimate of drug-likeness (QED) is 0.446. The van der Waals surface area contributed by atoms with E-state index in [1.165, 1.54) is 0 Å². The maximum Gasteiger partial charge on any atom is 0.513 e. The molecule has 0 spiro atoms. The lowest BCUT2D eigenvalue weighted by atomic mass is 10.2. The highest BCUT2D eigenvalue weighted by molar-refractivity contribution is 5.64. The second-order valence-corrected chi connectivity index (χ2v) is 2.80. The van der Waals surface area contributed by atoms with Gasteiger partial charge in [-0.1, -0.05) is 0 Å². The first-order valence-electron chi connectivity index (χ1n) is 4.34. The summed E-state index contributed by atoms with van der Waals surface area (Å²) in [5, 5.41) is 0. The molecule has 0 fully saturated rings. The van der Waals surface area contributed by atoms with Gasteiger partial charge in [-0.3, -0.25) is 0 Å². The molecule has 0 aliphatic heterocycles. The Balaban J connectivity index is 2.68. The first-order valence-corrected chi connectivity index (χ1v) is 4.34. The van der Waals surface area contributed by atoms with Crippen molar-refractivity contribution in [1.29, 1.82) is 0 Å². The van der Waals surface area contributed by atoms with E-state index < -0.39 is 6.16 Å². The highest BCUT2D eigenvalue weighted by Crippen LogP contribution is 2.18. The Morgan fingerprint density at radius 1 is 1.50 bits per heavy atom. The maximum absolute atomic E-state index is 10.9. The molecule has 4 nitrogen and oxygen atoms in total. The van der Waals surface area contributed by atoms with Crippen LogP contribution >= 0.6 is 0 Å². The number of carbonyl (C=O) groups is 1. The van der Waals surface area contributed by atoms with E-state index in [1.54, 1.807) is 25.1 Å². The summed E-state index contributed by atoms with van der Waals surface area (Å²) in [5.74, 6) is 0.440. The van der Waals surface area contributed by atoms with Gasteiger partial charge in [0.1, 0.15) is 5.75 Å². The molecular formula is C10H13NO3. The molecule has 1 aromatic carbocycles. The molecule has 0 heterocycles. The molecule has 0 aliphatic carbocycles. The standard InChI is InChI=1S/C10H13NO3/c1-3-13-10(12)14-8-4-5-9(11)7(2)6-8/h4-6H,3,11H2,1-2H3. The fourth-order valence-corrected chi connectivity index (χ4v) is 0.955. The van der Waals surface area contributed by atoms with Gasteiger partial charge in [-0.2, -0.15) is 0 Å². The zero-order valence-corrected chi connectivity index (χ0v) is 8.24. The number of hydrogen-bond donors (Lipinski definition) is 1. The van der Waals surface area contributed by atoms with Gasteiger partial charge < -0.3 is 15.2 Å². The van der Waals surface area contributed by atoms with Gasteiger partial charge in [0.15, 0.2) is 0 Å². The zero-order chi connectivity index (χ0) is 10.6. The molecular weight excluding hydrogens is 182 g/mol. The van der Waals surface area contributed by atoms with Crippen LogP contribution in [0.3, 0.4) is 0 Å². The molecule has 2 N–H and O–H groups in total. The summed E-state index contributed by atoms with van der Waals surface area (Å²) in [4.78, 5) is 10.9. The molecule has 0 amide bonds. The van der Waals surface area contributed by atoms with Crippen LogP contribution in [0.25, 0.3) is 0 Å². The van der Waals surface area contributed by atoms with Crippen molar-refractivity contribution >= 4 is 11.8 Å². The van der Waals surface area contributed by atoms with Crippen LogP contribution < -0.4 is 10.5 Å². The Kier molecular flexibility index (Phi) is 3.34. The van der Waals surface area contributed by atoms with Crippen molar-refractivity contribution in [2.75, 3.05) is 12.3 Å². The van der Waals surface area contributed by atoms with Gasteiger partial charge in [-0.05, 0) is 37.6 Å². The molecule has 14 heavy (non-hydrogen) atoms. The predicted octanol–water partition coefficient (Wildman–Crippen LogP) is 2.11. The molecule has 0 bridgehead atoms. The number of nitrogen functional groups attached to an aromatic ring is 1. The Labute approximate surface area is 82.6 Å². The fourth-order valence-electron chi connectivity index (χ4n) is 0.955. The zero-order valence-electron chi connectivity index (χ0n) is 8.24. The molecule has 0 aliphatic rings. The first-order chi connectivity index (χ1) is 6.63. The second kappa shape index (κ2) is 4.50. The summed E-state index contributed by atoms with van der Waals surface area (Å²) >= 11 is 0. The van der Waals surface area contributed by atoms with Gasteiger partial charge in [-0.15, -0.1) is 0 Å². The van der Waals surface area contributed by atoms with E-state index in [4.69, 9.17) is 10.5 Å². The summed E-state index contributed by atoms with van der Waals surface area (Å²) in [6.45, 7) is 3.86. The number of rotatable bonds is 2. The number of nitrogens with two attached hydrogens (primary N) is 1. The maximum atomic E-state index is 10.9. The molecule has 76 valence electrons. The molecule has 1 rings (SSSR count). The Morgan fingerprint density at radius 2 is 2.21 bits per heavy atom. The lowest BCUT2D eigenvalue weighted by Crippen LogP contribution is -2.10. The van der Waals surface area contributed by atoms with Crippen LogP contribution in [-0.4, -0.2) is 12.8 Å². The van der Waals surface area contributed by atoms with Crippen LogP contribution in [0.2, 0.25) is 0 Å². The Morgan fingerprint density at radius 3 is 2.79 bits per heavy atom. The van der Waals surface area contributed by atoms with Gasteiger partial charge in [-0.25, -0.2) is 4.79 Å². The molecule has 0 aromatic heterocycles. The minimum Gasteiger partial charge on any atom is -0.434 e. The van der Waals surface area contributed by atoms with Crippen molar-refractivity contribution in [2.45, 2.75) is 13.8 Å². The highest BCUT2D eigenvalue weighted by Gasteiger charge is 2.05. The van der Waals surface area contributed by atoms with Crippen LogP contribution in [0.15, 0.2) is 18.2 Å². The monoisotopic (exact) mass is 195 g/mol. The van der Waals surface area contributed by atoms with E-state index in [1.807, 2.05) is 6.92 Å². The fraction of sp³-hybridized carbons (Fsp3) is 0.300. The van der Waals surface area contributed by atoms with Gasteiger partial charge in [0.05, 0.1) is 6.61 Å². The normalized spacial score (nSPS) is 9.57. The first kappa shape index (κ1) is 10.4. The number of ether oxygens (including phenoxy) is 2. The van der Waals surface area contributed by atoms with Crippen LogP contribution in [0, 0.1) is 6.92 Å². The van der Waals surface area contributed by atoms with E-state index in [0.29, 0.717) is 18.0 Å². The van der Waals surface area contributed by atoms with Crippen molar-refractivity contribution in [2.24, 2.45) is 0 Å². The van der Waals surface area contributed by atoms with Crippen LogP contribution in [0.1, 0.15) is 12.5 Å². The summed E-state index contributed by atoms with van der Waals surface area (Å²) in [5.41, 5.74) is 7.14. The third-order valence-electron chi connectivity index (χ3n) is 1.70. The summed E-state index contributed by atoms with van der Waals surface area (Å²) in [6.07, 6.45) is -0.698. The van der Waals surface area contributed by atoms with Gasteiger partial charge in [0.25, 0.3) is 0 Å². The van der Waals surface area contributed by atoms with Gasteiger partial charge in [0, 0.05) is 5.69 Å². The molecule has 0 saturated heterocycles. The van der Waals surface area contributed by atoms with Gasteiger partial charge in [0.2, 0.25) is 0 Å². The van der Waals surface area contributed by atoms with E-state index in [0.717, 1.165) is 5.56 Å². The minimum absolute atomic E-state index is 0.298. The number of benzene rings is 1. The van der Waals surface area contributed by atoms with E-state index in [-0.39, 0.29) is 0 Å². The van der Waals surface area contributed by atoms with Crippen LogP contribution in [0.5, 0.6) is 5.75 Å². The van der Waals surface area contributed by atoms with Crippen molar-refractivity contribution in [3.05, 3.63) is 23.8 Å². The van der Waals surface area contributed by atoms with Crippen molar-refractivity contribution in [1.82, 2.24) is 0 Å². The third kappa shape index (κ3) is 2.65. The Hall–Kier alpha value is -1.71. The number of hydrogen-bond acceptors (Lipinski definition) is 4. The minimum atomic E-state index is -0.698. The number of anilines is 1. The molecule has 0 radical (unpaired) electrons. The average molecular weight is 195 g/mol. The SMILES string of the molecule is CCOC(=O)Oc1ccc(N)c(C)c1. The summed E-state index contributed by atoms with van der Waals surface area (Å²) in [6, 6.07) is 5.00. The molecule has 0 atom stereocenters. The van der Waals surface area contributed by atoms with Crippen molar-refractivity contribution < 1.29 is 14.3 Å². The summed E-state index contributed by atoms with van der Waals surface area (Å²) in [7, 11) is 0. The summed E-state index contributed by atoms with van der Waals surface area (Å²) < 4.78 is 9.50. The lowest BCUT2D eigenvalue weighted by molar-refractivity contribution is 0.104. The van der Waals surface area contributed by atoms with E-state index >= 15 is 0 Å². The topological polar surface area (TPSA) is 61.5 Å². The molecule has 1 aromatic rings. The third-order valence-corrected chi connectivity index (χ3v) is 1.70. The van der Waals surface area contributed by atoms with Crippen molar-refractivity contribution in [3.8, 4) is 5.75 Å². The van der Waals surface area contributed by atoms with Gasteiger partial charge >= 0.3 is 6.16 Å². The Bertz CT molecular complexity index is 336. The van der Waals surface area contributed by atoms with E-state index in [2.05, 4.69) is 4.74 Å². The number of aryl methyl sites for hydroxylation is 1. The molecule has 0 saturated carbocycles.